The van der Waals surface area contributed by atoms with Gasteiger partial charge in [0.2, 0.25) is 0 Å². The van der Waals surface area contributed by atoms with Crippen LogP contribution >= 0.6 is 23.5 Å². The largest absolute Gasteiger partial charge is 0.334 e. The molecular formula is C31H35N7OS2. The second-order valence-corrected chi connectivity index (χ2v) is 13.1. The molecule has 0 aliphatic heterocycles. The smallest absolute Gasteiger partial charge is 0.320 e. The van der Waals surface area contributed by atoms with Gasteiger partial charge in [-0.15, -0.1) is 22.0 Å². The zero-order valence-electron chi connectivity index (χ0n) is 24.2. The molecule has 5 aromatic rings. The van der Waals surface area contributed by atoms with E-state index in [0.29, 0.717) is 12.4 Å². The maximum Gasteiger partial charge on any atom is 0.320 e. The molecule has 2 aromatic carbocycles. The maximum absolute atomic E-state index is 13.1. The minimum absolute atomic E-state index is 0.169. The number of urea groups is 1. The first-order chi connectivity index (χ1) is 19.6. The Morgan fingerprint density at radius 2 is 1.78 bits per heavy atom. The Balaban J connectivity index is 1.33. The van der Waals surface area contributed by atoms with Crippen LogP contribution in [-0.2, 0) is 12.0 Å². The summed E-state index contributed by atoms with van der Waals surface area (Å²) in [6.07, 6.45) is 4.12. The summed E-state index contributed by atoms with van der Waals surface area (Å²) in [4.78, 5) is 16.4. The number of aromatic nitrogens is 5. The molecule has 0 fully saturated rings. The SMILES string of the molecule is CSc1cccc(-n2nc(C(C)(C)C)cc2NC(=O)NCc2ccccc2Sc2ccc3nnc(C(C)C)n3c2)c1. The van der Waals surface area contributed by atoms with Gasteiger partial charge in [0, 0.05) is 44.8 Å². The van der Waals surface area contributed by atoms with E-state index in [9.17, 15) is 4.79 Å². The van der Waals surface area contributed by atoms with Crippen LogP contribution < -0.4 is 10.6 Å². The Kier molecular flexibility index (Phi) is 8.42. The van der Waals surface area contributed by atoms with Crippen LogP contribution in [0.1, 0.15) is 57.6 Å². The number of rotatable bonds is 8. The Bertz CT molecular complexity index is 1680. The van der Waals surface area contributed by atoms with Crippen LogP contribution in [0.15, 0.2) is 87.6 Å². The van der Waals surface area contributed by atoms with Crippen LogP contribution in [0.4, 0.5) is 10.6 Å². The Hall–Kier alpha value is -3.76. The summed E-state index contributed by atoms with van der Waals surface area (Å²) in [5.74, 6) is 1.82. The molecule has 0 saturated heterocycles. The summed E-state index contributed by atoms with van der Waals surface area (Å²) >= 11 is 3.32. The van der Waals surface area contributed by atoms with Gasteiger partial charge in [-0.2, -0.15) is 5.10 Å². The molecule has 41 heavy (non-hydrogen) atoms. The number of fused-ring (bicyclic) bond motifs is 1. The summed E-state index contributed by atoms with van der Waals surface area (Å²) < 4.78 is 3.85. The number of amides is 2. The summed E-state index contributed by atoms with van der Waals surface area (Å²) in [7, 11) is 0. The zero-order valence-corrected chi connectivity index (χ0v) is 25.8. The van der Waals surface area contributed by atoms with Crippen molar-refractivity contribution in [2.75, 3.05) is 11.6 Å². The lowest BCUT2D eigenvalue weighted by Crippen LogP contribution is -2.29. The molecule has 3 heterocycles. The van der Waals surface area contributed by atoms with Crippen molar-refractivity contribution in [1.29, 1.82) is 0 Å². The van der Waals surface area contributed by atoms with Gasteiger partial charge in [0.05, 0.1) is 11.4 Å². The molecule has 10 heteroatoms. The lowest BCUT2D eigenvalue weighted by molar-refractivity contribution is 0.251. The molecule has 0 spiro atoms. The van der Waals surface area contributed by atoms with E-state index in [1.165, 1.54) is 0 Å². The number of thioether (sulfide) groups is 1. The number of hydrogen-bond acceptors (Lipinski definition) is 6. The van der Waals surface area contributed by atoms with Gasteiger partial charge in [-0.25, -0.2) is 9.48 Å². The van der Waals surface area contributed by atoms with Gasteiger partial charge in [-0.1, -0.05) is 70.6 Å². The van der Waals surface area contributed by atoms with Crippen LogP contribution in [0.25, 0.3) is 11.3 Å². The molecule has 0 atom stereocenters. The van der Waals surface area contributed by atoms with Crippen LogP contribution in [0.3, 0.4) is 0 Å². The fourth-order valence-electron chi connectivity index (χ4n) is 4.33. The number of nitrogens with one attached hydrogen (secondary N) is 2. The number of carbonyl (C=O) groups excluding carboxylic acids is 1. The first-order valence-corrected chi connectivity index (χ1v) is 15.6. The van der Waals surface area contributed by atoms with Crippen molar-refractivity contribution in [2.45, 2.75) is 67.2 Å². The summed E-state index contributed by atoms with van der Waals surface area (Å²) in [5.41, 5.74) is 3.48. The fraction of sp³-hybridized carbons (Fsp3) is 0.290. The van der Waals surface area contributed by atoms with Crippen LogP contribution in [-0.4, -0.2) is 36.7 Å². The van der Waals surface area contributed by atoms with Gasteiger partial charge in [0.25, 0.3) is 0 Å². The highest BCUT2D eigenvalue weighted by Gasteiger charge is 2.22. The number of benzene rings is 2. The standard InChI is InChI=1S/C31H35N7OS2/c1-20(2)29-35-34-27-15-14-24(19-37(27)29)41-25-13-8-7-10-21(25)18-32-30(39)33-28-17-26(31(3,4)5)36-38(28)22-11-9-12-23(16-22)40-6/h7-17,19-20H,18H2,1-6H3,(H2,32,33,39). The van der Waals surface area contributed by atoms with Gasteiger partial charge in [0.1, 0.15) is 11.6 Å². The molecule has 5 rings (SSSR count). The van der Waals surface area contributed by atoms with Crippen LogP contribution in [0.2, 0.25) is 0 Å². The number of nitrogens with zero attached hydrogens (tertiary/aromatic N) is 5. The molecule has 0 saturated carbocycles. The molecule has 2 amide bonds. The first kappa shape index (κ1) is 28.8. The first-order valence-electron chi connectivity index (χ1n) is 13.5. The van der Waals surface area contributed by atoms with Crippen molar-refractivity contribution < 1.29 is 4.79 Å². The molecular weight excluding hydrogens is 551 g/mol. The van der Waals surface area contributed by atoms with Crippen LogP contribution in [0.5, 0.6) is 0 Å². The number of hydrogen-bond donors (Lipinski definition) is 2. The number of pyridine rings is 1. The van der Waals surface area contributed by atoms with Crippen molar-refractivity contribution in [3.8, 4) is 5.69 Å². The van der Waals surface area contributed by atoms with Gasteiger partial charge in [-0.05, 0) is 48.2 Å². The molecule has 0 aliphatic rings. The summed E-state index contributed by atoms with van der Waals surface area (Å²) in [5, 5.41) is 19.5. The molecule has 0 unspecified atom stereocenters. The van der Waals surface area contributed by atoms with Gasteiger partial charge in [0.15, 0.2) is 5.65 Å². The maximum atomic E-state index is 13.1. The molecule has 8 nitrogen and oxygen atoms in total. The fourth-order valence-corrected chi connectivity index (χ4v) is 5.75. The number of anilines is 1. The normalized spacial score (nSPS) is 11.8. The minimum atomic E-state index is -0.292. The molecule has 3 aromatic heterocycles. The highest BCUT2D eigenvalue weighted by Crippen LogP contribution is 2.32. The molecule has 2 N–H and O–H groups in total. The second-order valence-electron chi connectivity index (χ2n) is 11.1. The quantitative estimate of drug-likeness (QED) is 0.183. The van der Waals surface area contributed by atoms with Crippen molar-refractivity contribution >= 4 is 41.0 Å². The van der Waals surface area contributed by atoms with E-state index in [-0.39, 0.29) is 17.4 Å². The predicted molar refractivity (Wildman–Crippen MR) is 168 cm³/mol. The van der Waals surface area contributed by atoms with Gasteiger partial charge in [-0.3, -0.25) is 9.72 Å². The van der Waals surface area contributed by atoms with E-state index < -0.39 is 0 Å². The average Bonchev–Trinajstić information content (AvgIpc) is 3.57. The van der Waals surface area contributed by atoms with Crippen molar-refractivity contribution in [3.63, 3.8) is 0 Å². The lowest BCUT2D eigenvalue weighted by Gasteiger charge is -2.14. The van der Waals surface area contributed by atoms with Gasteiger partial charge >= 0.3 is 6.03 Å². The predicted octanol–water partition coefficient (Wildman–Crippen LogP) is 7.53. The molecule has 0 bridgehead atoms. The van der Waals surface area contributed by atoms with E-state index in [4.69, 9.17) is 5.10 Å². The van der Waals surface area contributed by atoms with Crippen molar-refractivity contribution in [1.82, 2.24) is 29.7 Å². The summed E-state index contributed by atoms with van der Waals surface area (Å²) in [6.45, 7) is 10.9. The third-order valence-corrected chi connectivity index (χ3v) is 8.40. The average molecular weight is 586 g/mol. The lowest BCUT2D eigenvalue weighted by atomic mass is 9.92. The highest BCUT2D eigenvalue weighted by atomic mass is 32.2. The topological polar surface area (TPSA) is 89.1 Å². The summed E-state index contributed by atoms with van der Waals surface area (Å²) in [6, 6.07) is 21.9. The number of carbonyl (C=O) groups is 1. The minimum Gasteiger partial charge on any atom is -0.334 e. The second kappa shape index (κ2) is 12.0. The Morgan fingerprint density at radius 3 is 2.54 bits per heavy atom. The zero-order chi connectivity index (χ0) is 29.1. The van der Waals surface area contributed by atoms with E-state index in [0.717, 1.165) is 43.1 Å². The Morgan fingerprint density at radius 1 is 0.976 bits per heavy atom. The van der Waals surface area contributed by atoms with Crippen molar-refractivity contribution in [3.05, 3.63) is 90.0 Å². The molecule has 212 valence electrons. The van der Waals surface area contributed by atoms with Crippen molar-refractivity contribution in [2.24, 2.45) is 0 Å². The monoisotopic (exact) mass is 585 g/mol. The van der Waals surface area contributed by atoms with E-state index >= 15 is 0 Å². The third kappa shape index (κ3) is 6.60. The third-order valence-electron chi connectivity index (χ3n) is 6.58. The van der Waals surface area contributed by atoms with E-state index in [1.54, 1.807) is 28.2 Å². The Labute approximate surface area is 249 Å². The van der Waals surface area contributed by atoms with E-state index in [1.807, 2.05) is 53.1 Å². The molecule has 0 radical (unpaired) electrons. The van der Waals surface area contributed by atoms with E-state index in [2.05, 4.69) is 85.9 Å². The van der Waals surface area contributed by atoms with Crippen LogP contribution in [0, 0.1) is 0 Å². The molecule has 0 aliphatic carbocycles. The van der Waals surface area contributed by atoms with Gasteiger partial charge < -0.3 is 5.32 Å². The highest BCUT2D eigenvalue weighted by molar-refractivity contribution is 7.99.